The fourth-order valence-corrected chi connectivity index (χ4v) is 1.89. The Hall–Kier alpha value is -1.62. The van der Waals surface area contributed by atoms with Crippen LogP contribution in [0.4, 0.5) is 4.79 Å². The van der Waals surface area contributed by atoms with Gasteiger partial charge >= 0.3 is 6.09 Å². The first kappa shape index (κ1) is 12.8. The number of carbonyl (C=O) groups excluding carboxylic acids is 1. The smallest absolute Gasteiger partial charge is 0.410 e. The Morgan fingerprint density at radius 1 is 1.39 bits per heavy atom. The van der Waals surface area contributed by atoms with Gasteiger partial charge in [0.25, 0.3) is 0 Å². The van der Waals surface area contributed by atoms with Gasteiger partial charge in [-0.05, 0) is 38.5 Å². The fourth-order valence-electron chi connectivity index (χ4n) is 1.89. The number of ether oxygens (including phenoxy) is 1. The van der Waals surface area contributed by atoms with Crippen LogP contribution in [0, 0.1) is 0 Å². The van der Waals surface area contributed by atoms with Crippen molar-refractivity contribution in [3.8, 4) is 0 Å². The number of aromatic nitrogens is 1. The number of likely N-dealkylation sites (tertiary alicyclic amines) is 1. The predicted octanol–water partition coefficient (Wildman–Crippen LogP) is 1.52. The number of nitrogens with zero attached hydrogens (tertiary/aromatic N) is 2. The van der Waals surface area contributed by atoms with Crippen LogP contribution in [0.5, 0.6) is 0 Å². The van der Waals surface area contributed by atoms with Crippen LogP contribution < -0.4 is 0 Å². The van der Waals surface area contributed by atoms with E-state index in [1.54, 1.807) is 24.5 Å². The number of hydrogen-bond donors (Lipinski definition) is 1. The Morgan fingerprint density at radius 3 is 2.44 bits per heavy atom. The highest BCUT2D eigenvalue weighted by atomic mass is 16.6. The molecule has 1 aromatic rings. The molecular formula is C13H18N2O3. The molecule has 0 unspecified atom stereocenters. The van der Waals surface area contributed by atoms with Gasteiger partial charge in [0.05, 0.1) is 13.1 Å². The lowest BCUT2D eigenvalue weighted by molar-refractivity contribution is -0.103. The molecule has 5 nitrogen and oxygen atoms in total. The minimum absolute atomic E-state index is 0.256. The summed E-state index contributed by atoms with van der Waals surface area (Å²) in [5.41, 5.74) is -0.710. The van der Waals surface area contributed by atoms with Gasteiger partial charge in [0.2, 0.25) is 0 Å². The van der Waals surface area contributed by atoms with Crippen molar-refractivity contribution in [1.82, 2.24) is 9.88 Å². The van der Waals surface area contributed by atoms with Crippen molar-refractivity contribution in [2.45, 2.75) is 32.0 Å². The standard InChI is InChI=1S/C13H18N2O3/c1-12(2,3)18-11(16)15-8-13(17,9-15)10-4-6-14-7-5-10/h4-7,17H,8-9H2,1-3H3. The maximum absolute atomic E-state index is 11.7. The fraction of sp³-hybridized carbons (Fsp3) is 0.538. The SMILES string of the molecule is CC(C)(C)OC(=O)N1CC(O)(c2ccncc2)C1. The highest BCUT2D eigenvalue weighted by Crippen LogP contribution is 2.32. The molecule has 0 aliphatic carbocycles. The van der Waals surface area contributed by atoms with Crippen molar-refractivity contribution in [3.05, 3.63) is 30.1 Å². The first-order chi connectivity index (χ1) is 8.30. The van der Waals surface area contributed by atoms with E-state index in [1.807, 2.05) is 20.8 Å². The maximum atomic E-state index is 11.7. The number of pyridine rings is 1. The van der Waals surface area contributed by atoms with E-state index in [4.69, 9.17) is 4.74 Å². The molecule has 1 aliphatic rings. The predicted molar refractivity (Wildman–Crippen MR) is 65.9 cm³/mol. The van der Waals surface area contributed by atoms with Crippen LogP contribution in [0.1, 0.15) is 26.3 Å². The summed E-state index contributed by atoms with van der Waals surface area (Å²) >= 11 is 0. The summed E-state index contributed by atoms with van der Waals surface area (Å²) in [6.07, 6.45) is 2.87. The Morgan fingerprint density at radius 2 is 1.94 bits per heavy atom. The first-order valence-corrected chi connectivity index (χ1v) is 5.91. The Balaban J connectivity index is 1.96. The molecule has 0 atom stereocenters. The highest BCUT2D eigenvalue weighted by Gasteiger charge is 2.46. The first-order valence-electron chi connectivity index (χ1n) is 5.91. The van der Waals surface area contributed by atoms with Gasteiger partial charge < -0.3 is 14.7 Å². The lowest BCUT2D eigenvalue weighted by atomic mass is 9.87. The van der Waals surface area contributed by atoms with E-state index in [0.717, 1.165) is 5.56 Å². The van der Waals surface area contributed by atoms with Crippen LogP contribution in [0.2, 0.25) is 0 Å². The maximum Gasteiger partial charge on any atom is 0.410 e. The number of amides is 1. The van der Waals surface area contributed by atoms with Crippen molar-refractivity contribution in [1.29, 1.82) is 0 Å². The summed E-state index contributed by atoms with van der Waals surface area (Å²) in [5, 5.41) is 10.3. The molecule has 1 N–H and O–H groups in total. The monoisotopic (exact) mass is 250 g/mol. The molecule has 1 fully saturated rings. The van der Waals surface area contributed by atoms with Gasteiger partial charge in [0.1, 0.15) is 11.2 Å². The van der Waals surface area contributed by atoms with Crippen molar-refractivity contribution in [3.63, 3.8) is 0 Å². The second kappa shape index (κ2) is 4.24. The molecule has 1 aromatic heterocycles. The third-order valence-corrected chi connectivity index (χ3v) is 2.77. The topological polar surface area (TPSA) is 62.7 Å². The van der Waals surface area contributed by atoms with E-state index in [-0.39, 0.29) is 19.2 Å². The Labute approximate surface area is 106 Å². The molecule has 2 rings (SSSR count). The van der Waals surface area contributed by atoms with Crippen molar-refractivity contribution < 1.29 is 14.6 Å². The largest absolute Gasteiger partial charge is 0.444 e. The molecule has 98 valence electrons. The summed E-state index contributed by atoms with van der Waals surface area (Å²) in [4.78, 5) is 17.1. The summed E-state index contributed by atoms with van der Waals surface area (Å²) in [6.45, 7) is 5.97. The average Bonchev–Trinajstić information content (AvgIpc) is 2.23. The molecule has 1 aliphatic heterocycles. The zero-order valence-corrected chi connectivity index (χ0v) is 10.9. The lowest BCUT2D eigenvalue weighted by Crippen LogP contribution is -2.61. The minimum Gasteiger partial charge on any atom is -0.444 e. The second-order valence-electron chi connectivity index (χ2n) is 5.60. The quantitative estimate of drug-likeness (QED) is 0.820. The number of β-amino-alcohol motifs (C(OH)–C–C–N with tert-alkyl or cyclic N) is 1. The number of hydrogen-bond acceptors (Lipinski definition) is 4. The zero-order valence-electron chi connectivity index (χ0n) is 10.9. The van der Waals surface area contributed by atoms with E-state index in [1.165, 1.54) is 4.90 Å². The number of rotatable bonds is 1. The third kappa shape index (κ3) is 2.61. The Bertz CT molecular complexity index is 433. The van der Waals surface area contributed by atoms with Crippen LogP contribution in [-0.4, -0.2) is 39.8 Å². The number of carbonyl (C=O) groups is 1. The normalized spacial score (nSPS) is 18.1. The molecule has 2 heterocycles. The van der Waals surface area contributed by atoms with Crippen LogP contribution in [0.25, 0.3) is 0 Å². The van der Waals surface area contributed by atoms with Crippen molar-refractivity contribution >= 4 is 6.09 Å². The van der Waals surface area contributed by atoms with E-state index in [2.05, 4.69) is 4.98 Å². The van der Waals surface area contributed by atoms with E-state index < -0.39 is 11.2 Å². The van der Waals surface area contributed by atoms with Gasteiger partial charge in [0.15, 0.2) is 0 Å². The molecule has 0 spiro atoms. The van der Waals surface area contributed by atoms with Crippen molar-refractivity contribution in [2.24, 2.45) is 0 Å². The van der Waals surface area contributed by atoms with Crippen LogP contribution in [-0.2, 0) is 10.3 Å². The van der Waals surface area contributed by atoms with Gasteiger partial charge in [-0.15, -0.1) is 0 Å². The van der Waals surface area contributed by atoms with Gasteiger partial charge in [-0.3, -0.25) is 4.98 Å². The zero-order chi connectivity index (χ0) is 13.4. The highest BCUT2D eigenvalue weighted by molar-refractivity contribution is 5.70. The molecule has 1 saturated heterocycles. The molecule has 0 radical (unpaired) electrons. The van der Waals surface area contributed by atoms with Crippen LogP contribution >= 0.6 is 0 Å². The third-order valence-electron chi connectivity index (χ3n) is 2.77. The van der Waals surface area contributed by atoms with Gasteiger partial charge in [-0.2, -0.15) is 0 Å². The van der Waals surface area contributed by atoms with Crippen molar-refractivity contribution in [2.75, 3.05) is 13.1 Å². The number of aliphatic hydroxyl groups is 1. The average molecular weight is 250 g/mol. The van der Waals surface area contributed by atoms with Crippen LogP contribution in [0.3, 0.4) is 0 Å². The van der Waals surface area contributed by atoms with E-state index in [0.29, 0.717) is 0 Å². The second-order valence-corrected chi connectivity index (χ2v) is 5.60. The molecule has 0 saturated carbocycles. The molecule has 18 heavy (non-hydrogen) atoms. The molecule has 0 aromatic carbocycles. The Kier molecular flexibility index (Phi) is 3.02. The minimum atomic E-state index is -0.972. The van der Waals surface area contributed by atoms with Gasteiger partial charge in [-0.1, -0.05) is 0 Å². The van der Waals surface area contributed by atoms with E-state index in [9.17, 15) is 9.90 Å². The van der Waals surface area contributed by atoms with Gasteiger partial charge in [-0.25, -0.2) is 4.79 Å². The van der Waals surface area contributed by atoms with Crippen LogP contribution in [0.15, 0.2) is 24.5 Å². The summed E-state index contributed by atoms with van der Waals surface area (Å²) in [5.74, 6) is 0. The summed E-state index contributed by atoms with van der Waals surface area (Å²) in [7, 11) is 0. The lowest BCUT2D eigenvalue weighted by Gasteiger charge is -2.46. The van der Waals surface area contributed by atoms with Gasteiger partial charge in [0, 0.05) is 12.4 Å². The summed E-state index contributed by atoms with van der Waals surface area (Å²) < 4.78 is 5.23. The molecule has 0 bridgehead atoms. The molecular weight excluding hydrogens is 232 g/mol. The summed E-state index contributed by atoms with van der Waals surface area (Å²) in [6, 6.07) is 3.51. The van der Waals surface area contributed by atoms with E-state index >= 15 is 0 Å². The molecule has 5 heteroatoms. The molecule has 1 amide bonds.